The van der Waals surface area contributed by atoms with Gasteiger partial charge >= 0.3 is 6.03 Å². The number of likely N-dealkylation sites (tertiary alicyclic amines) is 1. The lowest BCUT2D eigenvalue weighted by atomic mass is 9.85. The Morgan fingerprint density at radius 2 is 1.82 bits per heavy atom. The predicted molar refractivity (Wildman–Crippen MR) is 110 cm³/mol. The van der Waals surface area contributed by atoms with E-state index in [1.165, 1.54) is 4.90 Å². The third-order valence-corrected chi connectivity index (χ3v) is 5.92. The maximum atomic E-state index is 13.5. The van der Waals surface area contributed by atoms with Crippen LogP contribution in [0.3, 0.4) is 0 Å². The summed E-state index contributed by atoms with van der Waals surface area (Å²) in [6.07, 6.45) is 5.81. The lowest BCUT2D eigenvalue weighted by molar-refractivity contribution is -0.136. The standard InChI is InChI=1S/C22H34N4O2/c1-17(2)7-11-26-21(28)25(16-19-6-5-10-23-14-19)20(27)22(26)8-12-24(13-9-22)15-18(3)4/h5-6,10,14,17-18H,7-9,11-13,15-16H2,1-4H3. The zero-order valence-electron chi connectivity index (χ0n) is 17.7. The van der Waals surface area contributed by atoms with E-state index in [0.29, 0.717) is 24.9 Å². The summed E-state index contributed by atoms with van der Waals surface area (Å²) in [5.74, 6) is 1.08. The van der Waals surface area contributed by atoms with Gasteiger partial charge in [0.05, 0.1) is 6.54 Å². The van der Waals surface area contributed by atoms with Crippen LogP contribution in [-0.4, -0.2) is 63.3 Å². The molecule has 0 N–H and O–H groups in total. The largest absolute Gasteiger partial charge is 0.327 e. The topological polar surface area (TPSA) is 56.8 Å². The lowest BCUT2D eigenvalue weighted by Gasteiger charge is -2.42. The Bertz CT molecular complexity index is 681. The molecule has 6 heteroatoms. The Morgan fingerprint density at radius 3 is 2.39 bits per heavy atom. The normalized spacial score (nSPS) is 20.2. The first-order valence-corrected chi connectivity index (χ1v) is 10.6. The van der Waals surface area contributed by atoms with E-state index in [1.54, 1.807) is 12.4 Å². The van der Waals surface area contributed by atoms with Gasteiger partial charge in [-0.1, -0.05) is 33.8 Å². The van der Waals surface area contributed by atoms with Crippen molar-refractivity contribution in [3.8, 4) is 0 Å². The fraction of sp³-hybridized carbons (Fsp3) is 0.682. The van der Waals surface area contributed by atoms with Gasteiger partial charge in [0.25, 0.3) is 5.91 Å². The van der Waals surface area contributed by atoms with Crippen molar-refractivity contribution in [3.05, 3.63) is 30.1 Å². The van der Waals surface area contributed by atoms with Gasteiger partial charge in [-0.25, -0.2) is 4.79 Å². The van der Waals surface area contributed by atoms with E-state index < -0.39 is 5.54 Å². The second-order valence-electron chi connectivity index (χ2n) is 9.10. The van der Waals surface area contributed by atoms with E-state index in [2.05, 4.69) is 37.6 Å². The SMILES string of the molecule is CC(C)CCN1C(=O)N(Cc2cccnc2)C(=O)C12CCN(CC(C)C)CC2. The van der Waals surface area contributed by atoms with Crippen molar-refractivity contribution in [1.29, 1.82) is 0 Å². The van der Waals surface area contributed by atoms with Crippen LogP contribution in [0.25, 0.3) is 0 Å². The molecule has 2 fully saturated rings. The molecule has 0 bridgehead atoms. The summed E-state index contributed by atoms with van der Waals surface area (Å²) in [5, 5.41) is 0. The summed E-state index contributed by atoms with van der Waals surface area (Å²) in [6, 6.07) is 3.63. The Morgan fingerprint density at radius 1 is 1.11 bits per heavy atom. The van der Waals surface area contributed by atoms with Gasteiger partial charge in [-0.2, -0.15) is 0 Å². The van der Waals surface area contributed by atoms with Crippen LogP contribution in [0.1, 0.15) is 52.5 Å². The number of nitrogens with zero attached hydrogens (tertiary/aromatic N) is 4. The molecule has 28 heavy (non-hydrogen) atoms. The molecule has 0 saturated carbocycles. The maximum absolute atomic E-state index is 13.5. The molecule has 0 radical (unpaired) electrons. The van der Waals surface area contributed by atoms with Crippen LogP contribution >= 0.6 is 0 Å². The molecule has 0 atom stereocenters. The highest BCUT2D eigenvalue weighted by Crippen LogP contribution is 2.38. The first kappa shape index (κ1) is 20.8. The molecule has 1 aromatic rings. The van der Waals surface area contributed by atoms with Crippen molar-refractivity contribution >= 4 is 11.9 Å². The third kappa shape index (κ3) is 4.22. The van der Waals surface area contributed by atoms with Gasteiger partial charge in [0.2, 0.25) is 0 Å². The van der Waals surface area contributed by atoms with Crippen molar-refractivity contribution in [2.75, 3.05) is 26.2 Å². The number of carbonyl (C=O) groups is 2. The second kappa shape index (κ2) is 8.60. The number of pyridine rings is 1. The Kier molecular flexibility index (Phi) is 6.38. The molecule has 3 heterocycles. The fourth-order valence-electron chi connectivity index (χ4n) is 4.40. The van der Waals surface area contributed by atoms with Gasteiger partial charge in [0.1, 0.15) is 5.54 Å². The quantitative estimate of drug-likeness (QED) is 0.674. The summed E-state index contributed by atoms with van der Waals surface area (Å²) in [6.45, 7) is 12.5. The van der Waals surface area contributed by atoms with Crippen LogP contribution in [0.4, 0.5) is 4.79 Å². The second-order valence-corrected chi connectivity index (χ2v) is 9.10. The molecule has 6 nitrogen and oxygen atoms in total. The van der Waals surface area contributed by atoms with Gasteiger partial charge in [0, 0.05) is 38.6 Å². The van der Waals surface area contributed by atoms with Crippen molar-refractivity contribution in [2.24, 2.45) is 11.8 Å². The van der Waals surface area contributed by atoms with Crippen LogP contribution in [0.2, 0.25) is 0 Å². The third-order valence-electron chi connectivity index (χ3n) is 5.92. The van der Waals surface area contributed by atoms with Gasteiger partial charge < -0.3 is 9.80 Å². The van der Waals surface area contributed by atoms with Crippen LogP contribution in [0, 0.1) is 11.8 Å². The number of hydrogen-bond donors (Lipinski definition) is 0. The monoisotopic (exact) mass is 386 g/mol. The maximum Gasteiger partial charge on any atom is 0.327 e. The number of piperidine rings is 1. The number of hydrogen-bond acceptors (Lipinski definition) is 4. The van der Waals surface area contributed by atoms with Crippen molar-refractivity contribution in [1.82, 2.24) is 19.7 Å². The zero-order chi connectivity index (χ0) is 20.3. The smallest absolute Gasteiger partial charge is 0.309 e. The van der Waals surface area contributed by atoms with Gasteiger partial charge in [-0.05, 0) is 42.7 Å². The highest BCUT2D eigenvalue weighted by molar-refractivity contribution is 6.07. The first-order valence-electron chi connectivity index (χ1n) is 10.6. The van der Waals surface area contributed by atoms with Crippen LogP contribution in [0.5, 0.6) is 0 Å². The van der Waals surface area contributed by atoms with E-state index in [4.69, 9.17) is 0 Å². The number of aromatic nitrogens is 1. The van der Waals surface area contributed by atoms with Gasteiger partial charge in [-0.15, -0.1) is 0 Å². The Balaban J connectivity index is 1.81. The zero-order valence-corrected chi connectivity index (χ0v) is 17.7. The highest BCUT2D eigenvalue weighted by Gasteiger charge is 2.57. The Hall–Kier alpha value is -1.95. The van der Waals surface area contributed by atoms with E-state index >= 15 is 0 Å². The number of rotatable bonds is 7. The molecule has 0 aromatic carbocycles. The van der Waals surface area contributed by atoms with E-state index in [-0.39, 0.29) is 11.9 Å². The van der Waals surface area contributed by atoms with Crippen LogP contribution < -0.4 is 0 Å². The number of carbonyl (C=O) groups excluding carboxylic acids is 2. The molecule has 1 aromatic heterocycles. The van der Waals surface area contributed by atoms with Crippen molar-refractivity contribution in [2.45, 2.75) is 59.0 Å². The highest BCUT2D eigenvalue weighted by atomic mass is 16.2. The lowest BCUT2D eigenvalue weighted by Crippen LogP contribution is -2.57. The first-order chi connectivity index (χ1) is 13.3. The fourth-order valence-corrected chi connectivity index (χ4v) is 4.40. The average Bonchev–Trinajstić information content (AvgIpc) is 2.84. The van der Waals surface area contributed by atoms with Gasteiger partial charge in [0.15, 0.2) is 0 Å². The number of imide groups is 1. The molecule has 0 aliphatic carbocycles. The van der Waals surface area contributed by atoms with Crippen LogP contribution in [0.15, 0.2) is 24.5 Å². The molecule has 0 unspecified atom stereocenters. The van der Waals surface area contributed by atoms with Crippen molar-refractivity contribution in [3.63, 3.8) is 0 Å². The van der Waals surface area contributed by atoms with Crippen molar-refractivity contribution < 1.29 is 9.59 Å². The molecule has 1 spiro atoms. The molecular weight excluding hydrogens is 352 g/mol. The van der Waals surface area contributed by atoms with Crippen LogP contribution in [-0.2, 0) is 11.3 Å². The minimum Gasteiger partial charge on any atom is -0.309 e. The molecule has 2 aliphatic heterocycles. The summed E-state index contributed by atoms with van der Waals surface area (Å²) < 4.78 is 0. The van der Waals surface area contributed by atoms with E-state index in [0.717, 1.165) is 44.5 Å². The molecule has 3 amide bonds. The summed E-state index contributed by atoms with van der Waals surface area (Å²) in [7, 11) is 0. The average molecular weight is 387 g/mol. The summed E-state index contributed by atoms with van der Waals surface area (Å²) in [4.78, 5) is 36.7. The molecule has 154 valence electrons. The summed E-state index contributed by atoms with van der Waals surface area (Å²) >= 11 is 0. The van der Waals surface area contributed by atoms with E-state index in [1.807, 2.05) is 17.0 Å². The molecule has 2 saturated heterocycles. The molecule has 2 aliphatic rings. The Labute approximate surface area is 168 Å². The minimum absolute atomic E-state index is 0.0192. The van der Waals surface area contributed by atoms with E-state index in [9.17, 15) is 9.59 Å². The number of urea groups is 1. The molecule has 3 rings (SSSR count). The predicted octanol–water partition coefficient (Wildman–Crippen LogP) is 3.38. The summed E-state index contributed by atoms with van der Waals surface area (Å²) in [5.41, 5.74) is 0.226. The van der Waals surface area contributed by atoms with Gasteiger partial charge in [-0.3, -0.25) is 14.7 Å². The minimum atomic E-state index is -0.665. The number of amides is 3. The molecular formula is C22H34N4O2.